The van der Waals surface area contributed by atoms with Crippen molar-refractivity contribution in [2.45, 2.75) is 51.2 Å². The second-order valence-corrected chi connectivity index (χ2v) is 12.5. The van der Waals surface area contributed by atoms with E-state index in [0.29, 0.717) is 11.8 Å². The number of allylic oxidation sites excluding steroid dienone is 1. The van der Waals surface area contributed by atoms with E-state index in [4.69, 9.17) is 16.3 Å². The molecule has 2 aliphatic heterocycles. The molecule has 0 bridgehead atoms. The number of ether oxygens (including phenoxy) is 1. The number of carbonyl (C=O) groups excluding carboxylic acids is 1. The minimum Gasteiger partial charge on any atom is -0.462 e. The van der Waals surface area contributed by atoms with E-state index in [1.165, 1.54) is 29.5 Å². The molecule has 2 aromatic carbocycles. The minimum absolute atomic E-state index is 0.00277. The number of fused-ring (bicyclic) bond motifs is 2. The fourth-order valence-electron chi connectivity index (χ4n) is 7.84. The molecule has 2 heterocycles. The summed E-state index contributed by atoms with van der Waals surface area (Å²) in [7, 11) is 0. The molecule has 0 radical (unpaired) electrons. The Hall–Kier alpha value is -2.14. The predicted molar refractivity (Wildman–Crippen MR) is 148 cm³/mol. The van der Waals surface area contributed by atoms with Crippen molar-refractivity contribution in [2.75, 3.05) is 32.7 Å². The lowest BCUT2D eigenvalue weighted by atomic mass is 9.55. The number of carbonyl (C=O) groups is 1. The normalized spacial score (nSPS) is 33.5. The lowest BCUT2D eigenvalue weighted by Gasteiger charge is -2.50. The molecule has 0 amide bonds. The summed E-state index contributed by atoms with van der Waals surface area (Å²) in [5.41, 5.74) is 4.24. The number of hydrogen-bond acceptors (Lipinski definition) is 4. The van der Waals surface area contributed by atoms with Crippen LogP contribution in [0, 0.1) is 23.2 Å². The molecule has 2 aliphatic carbocycles. The van der Waals surface area contributed by atoms with Gasteiger partial charge < -0.3 is 4.74 Å². The number of piperazine rings is 1. The van der Waals surface area contributed by atoms with Gasteiger partial charge in [-0.05, 0) is 66.7 Å². The van der Waals surface area contributed by atoms with Gasteiger partial charge in [0.15, 0.2) is 0 Å². The van der Waals surface area contributed by atoms with Gasteiger partial charge >= 0.3 is 5.97 Å². The smallest absolute Gasteiger partial charge is 0.310 e. The first-order chi connectivity index (χ1) is 17.9. The van der Waals surface area contributed by atoms with Crippen molar-refractivity contribution in [3.63, 3.8) is 0 Å². The summed E-state index contributed by atoms with van der Waals surface area (Å²) in [6.45, 7) is 11.5. The van der Waals surface area contributed by atoms with Crippen LogP contribution in [0.1, 0.15) is 56.2 Å². The summed E-state index contributed by atoms with van der Waals surface area (Å²) in [4.78, 5) is 18.2. The van der Waals surface area contributed by atoms with Crippen LogP contribution < -0.4 is 0 Å². The summed E-state index contributed by atoms with van der Waals surface area (Å²) in [5.74, 6) is 0.914. The van der Waals surface area contributed by atoms with Gasteiger partial charge in [-0.2, -0.15) is 0 Å². The molecule has 6 atom stereocenters. The van der Waals surface area contributed by atoms with E-state index in [-0.39, 0.29) is 29.4 Å². The van der Waals surface area contributed by atoms with Crippen LogP contribution in [0.3, 0.4) is 0 Å². The van der Waals surface area contributed by atoms with Gasteiger partial charge in [-0.3, -0.25) is 14.6 Å². The molecular weight excluding hydrogens is 480 g/mol. The zero-order valence-electron chi connectivity index (χ0n) is 21.9. The van der Waals surface area contributed by atoms with E-state index in [0.717, 1.165) is 57.0 Å². The van der Waals surface area contributed by atoms with Crippen LogP contribution in [0.15, 0.2) is 66.7 Å². The van der Waals surface area contributed by atoms with Crippen molar-refractivity contribution >= 4 is 17.6 Å². The molecule has 4 fully saturated rings. The van der Waals surface area contributed by atoms with Crippen molar-refractivity contribution in [1.82, 2.24) is 9.80 Å². The fourth-order valence-corrected chi connectivity index (χ4v) is 7.97. The molecule has 2 aromatic rings. The summed E-state index contributed by atoms with van der Waals surface area (Å²) in [6, 6.07) is 19.2. The van der Waals surface area contributed by atoms with Crippen molar-refractivity contribution in [3.8, 4) is 0 Å². The quantitative estimate of drug-likeness (QED) is 0.340. The molecule has 0 N–H and O–H groups in total. The van der Waals surface area contributed by atoms with Crippen LogP contribution in [0.2, 0.25) is 5.02 Å². The zero-order valence-corrected chi connectivity index (χ0v) is 22.7. The Morgan fingerprint density at radius 2 is 1.76 bits per heavy atom. The highest BCUT2D eigenvalue weighted by Crippen LogP contribution is 2.57. The fraction of sp³-hybridized carbons (Fsp3) is 0.531. The van der Waals surface area contributed by atoms with E-state index in [2.05, 4.69) is 65.8 Å². The van der Waals surface area contributed by atoms with E-state index in [1.807, 2.05) is 12.1 Å². The number of rotatable bonds is 5. The molecule has 4 nitrogen and oxygen atoms in total. The third-order valence-corrected chi connectivity index (χ3v) is 10.1. The number of hydrogen-bond donors (Lipinski definition) is 0. The van der Waals surface area contributed by atoms with Crippen molar-refractivity contribution in [1.29, 1.82) is 0 Å². The first-order valence-electron chi connectivity index (χ1n) is 14.1. The second-order valence-electron chi connectivity index (χ2n) is 12.1. The van der Waals surface area contributed by atoms with E-state index >= 15 is 0 Å². The lowest BCUT2D eigenvalue weighted by molar-refractivity contribution is -0.146. The summed E-state index contributed by atoms with van der Waals surface area (Å²) in [5, 5.41) is 0.766. The van der Waals surface area contributed by atoms with Crippen LogP contribution in [0.4, 0.5) is 0 Å². The molecule has 4 aliphatic rings. The maximum atomic E-state index is 13.1. The number of halogens is 1. The summed E-state index contributed by atoms with van der Waals surface area (Å²) >= 11 is 6.20. The van der Waals surface area contributed by atoms with E-state index in [1.54, 1.807) is 0 Å². The molecule has 0 spiro atoms. The first kappa shape index (κ1) is 25.2. The third-order valence-electron chi connectivity index (χ3n) is 9.85. The molecule has 196 valence electrons. The van der Waals surface area contributed by atoms with Gasteiger partial charge in [0.2, 0.25) is 0 Å². The Morgan fingerprint density at radius 3 is 2.49 bits per heavy atom. The molecule has 37 heavy (non-hydrogen) atoms. The molecule has 2 saturated carbocycles. The Kier molecular flexibility index (Phi) is 6.94. The molecule has 6 rings (SSSR count). The summed E-state index contributed by atoms with van der Waals surface area (Å²) < 4.78 is 6.04. The Balaban J connectivity index is 1.13. The van der Waals surface area contributed by atoms with E-state index < -0.39 is 0 Å². The molecule has 0 aromatic heterocycles. The van der Waals surface area contributed by atoms with Gasteiger partial charge in [0.25, 0.3) is 0 Å². The van der Waals surface area contributed by atoms with Gasteiger partial charge in [-0.1, -0.05) is 73.1 Å². The van der Waals surface area contributed by atoms with Crippen LogP contribution in [0.5, 0.6) is 0 Å². The molecular formula is C32H39ClN2O2. The topological polar surface area (TPSA) is 32.8 Å². The van der Waals surface area contributed by atoms with Gasteiger partial charge in [-0.15, -0.1) is 0 Å². The van der Waals surface area contributed by atoms with Gasteiger partial charge in [0, 0.05) is 43.7 Å². The van der Waals surface area contributed by atoms with Crippen LogP contribution in [0.25, 0.3) is 0 Å². The van der Waals surface area contributed by atoms with Gasteiger partial charge in [0.1, 0.15) is 6.10 Å². The van der Waals surface area contributed by atoms with Crippen LogP contribution >= 0.6 is 11.6 Å². The molecule has 0 unspecified atom stereocenters. The number of esters is 1. The zero-order chi connectivity index (χ0) is 25.6. The average molecular weight is 519 g/mol. The van der Waals surface area contributed by atoms with Gasteiger partial charge in [-0.25, -0.2) is 0 Å². The Labute approximate surface area is 226 Å². The van der Waals surface area contributed by atoms with Crippen LogP contribution in [-0.2, 0) is 9.53 Å². The van der Waals surface area contributed by atoms with Crippen LogP contribution in [-0.4, -0.2) is 54.6 Å². The third kappa shape index (κ3) is 4.89. The monoisotopic (exact) mass is 518 g/mol. The maximum absolute atomic E-state index is 13.1. The molecule has 2 saturated heterocycles. The maximum Gasteiger partial charge on any atom is 0.310 e. The van der Waals surface area contributed by atoms with Crippen molar-refractivity contribution < 1.29 is 9.53 Å². The van der Waals surface area contributed by atoms with Crippen molar-refractivity contribution in [2.24, 2.45) is 23.2 Å². The molecule has 5 heteroatoms. The largest absolute Gasteiger partial charge is 0.462 e. The van der Waals surface area contributed by atoms with Crippen molar-refractivity contribution in [3.05, 3.63) is 82.9 Å². The van der Waals surface area contributed by atoms with Gasteiger partial charge in [0.05, 0.1) is 12.0 Å². The Morgan fingerprint density at radius 1 is 1.05 bits per heavy atom. The highest BCUT2D eigenvalue weighted by Gasteiger charge is 2.55. The predicted octanol–water partition coefficient (Wildman–Crippen LogP) is 6.36. The average Bonchev–Trinajstić information content (AvgIpc) is 3.19. The SMILES string of the molecule is C=C1CCC[C@]2(C)C[C@H]3OC(=O)[C@@H](CN4CCN([C@@H](c5ccccc5)c5ccc(Cl)cc5)CC4)[C@@H]3C[C@@H]12. The minimum atomic E-state index is -0.00277. The number of benzene rings is 2. The van der Waals surface area contributed by atoms with E-state index in [9.17, 15) is 4.79 Å². The summed E-state index contributed by atoms with van der Waals surface area (Å²) in [6.07, 6.45) is 5.79. The highest BCUT2D eigenvalue weighted by molar-refractivity contribution is 6.30. The number of nitrogens with zero attached hydrogens (tertiary/aromatic N) is 2. The lowest BCUT2D eigenvalue weighted by Crippen LogP contribution is -2.50. The highest BCUT2D eigenvalue weighted by atomic mass is 35.5. The standard InChI is InChI=1S/C32H39ClN2O2/c1-22-7-6-14-32(2)20-29-26(19-28(22)32)27(31(36)37-29)21-34-15-17-35(18-16-34)30(23-8-4-3-5-9-23)24-10-12-25(33)13-11-24/h3-5,8-13,26-30H,1,6-7,14-21H2,2H3/t26-,27-,28-,29+,30-,32+/m0/s1. The Bertz CT molecular complexity index is 1130. The first-order valence-corrected chi connectivity index (χ1v) is 14.4. The second kappa shape index (κ2) is 10.2.